The Morgan fingerprint density at radius 3 is 2.74 bits per heavy atom. The van der Waals surface area contributed by atoms with Crippen LogP contribution in [0.3, 0.4) is 0 Å². The number of rotatable bonds is 1. The summed E-state index contributed by atoms with van der Waals surface area (Å²) >= 11 is 1.39. The Labute approximate surface area is 117 Å². The molecular formula is C13H20N2O3S. The molecule has 1 aromatic heterocycles. The molecule has 6 heteroatoms. The second-order valence-corrected chi connectivity index (χ2v) is 6.77. The van der Waals surface area contributed by atoms with E-state index in [-0.39, 0.29) is 12.0 Å². The molecule has 1 aromatic rings. The molecule has 0 saturated carbocycles. The van der Waals surface area contributed by atoms with E-state index in [1.807, 2.05) is 33.8 Å². The molecule has 2 rings (SSSR count). The minimum absolute atomic E-state index is 0.0567. The van der Waals surface area contributed by atoms with E-state index in [1.165, 1.54) is 11.5 Å². The van der Waals surface area contributed by atoms with Crippen LogP contribution in [0.25, 0.3) is 0 Å². The highest BCUT2D eigenvalue weighted by molar-refractivity contribution is 7.05. The molecule has 1 amide bonds. The van der Waals surface area contributed by atoms with Crippen LogP contribution in [0.5, 0.6) is 0 Å². The Kier molecular flexibility index (Phi) is 3.82. The van der Waals surface area contributed by atoms with E-state index in [9.17, 15) is 9.90 Å². The zero-order valence-electron chi connectivity index (χ0n) is 11.7. The number of hydrogen-bond acceptors (Lipinski definition) is 5. The predicted octanol–water partition coefficient (Wildman–Crippen LogP) is 2.15. The van der Waals surface area contributed by atoms with Crippen LogP contribution in [0, 0.1) is 6.92 Å². The van der Waals surface area contributed by atoms with Crippen LogP contribution in [0.15, 0.2) is 6.07 Å². The quantitative estimate of drug-likeness (QED) is 0.858. The minimum atomic E-state index is -0.549. The van der Waals surface area contributed by atoms with Gasteiger partial charge in [0.25, 0.3) is 0 Å². The van der Waals surface area contributed by atoms with Gasteiger partial charge in [0, 0.05) is 17.3 Å². The Hall–Kier alpha value is -1.14. The van der Waals surface area contributed by atoms with Gasteiger partial charge in [-0.3, -0.25) is 0 Å². The van der Waals surface area contributed by atoms with Crippen LogP contribution in [0.1, 0.15) is 37.3 Å². The van der Waals surface area contributed by atoms with Crippen LogP contribution in [-0.4, -0.2) is 45.3 Å². The molecule has 0 spiro atoms. The maximum absolute atomic E-state index is 12.0. The van der Waals surface area contributed by atoms with Crippen molar-refractivity contribution in [2.45, 2.75) is 45.3 Å². The summed E-state index contributed by atoms with van der Waals surface area (Å²) in [5.74, 6) is -0.0567. The number of ether oxygens (including phenoxy) is 1. The highest BCUT2D eigenvalue weighted by Gasteiger charge is 2.37. The summed E-state index contributed by atoms with van der Waals surface area (Å²) in [4.78, 5) is 14.6. The van der Waals surface area contributed by atoms with Gasteiger partial charge in [-0.15, -0.1) is 0 Å². The molecule has 1 fully saturated rings. The topological polar surface area (TPSA) is 62.7 Å². The van der Waals surface area contributed by atoms with E-state index in [1.54, 1.807) is 4.90 Å². The molecule has 0 aliphatic carbocycles. The number of aliphatic hydroxyl groups excluding tert-OH is 1. The number of carbonyl (C=O) groups excluding carboxylic acids is 1. The van der Waals surface area contributed by atoms with Crippen molar-refractivity contribution < 1.29 is 14.6 Å². The average molecular weight is 284 g/mol. The molecular weight excluding hydrogens is 264 g/mol. The number of amides is 1. The number of aryl methyl sites for hydroxylation is 1. The third kappa shape index (κ3) is 3.45. The first-order valence-corrected chi connectivity index (χ1v) is 7.13. The largest absolute Gasteiger partial charge is 0.444 e. The molecule has 2 heterocycles. The van der Waals surface area contributed by atoms with Crippen molar-refractivity contribution in [2.75, 3.05) is 13.1 Å². The minimum Gasteiger partial charge on any atom is -0.444 e. The van der Waals surface area contributed by atoms with Crippen molar-refractivity contribution in [1.29, 1.82) is 0 Å². The van der Waals surface area contributed by atoms with Crippen molar-refractivity contribution >= 4 is 17.6 Å². The smallest absolute Gasteiger partial charge is 0.410 e. The van der Waals surface area contributed by atoms with E-state index < -0.39 is 11.7 Å². The Balaban J connectivity index is 2.03. The summed E-state index contributed by atoms with van der Waals surface area (Å²) in [7, 11) is 0. The molecule has 5 nitrogen and oxygen atoms in total. The van der Waals surface area contributed by atoms with Crippen LogP contribution in [-0.2, 0) is 4.74 Å². The second kappa shape index (κ2) is 5.09. The van der Waals surface area contributed by atoms with Gasteiger partial charge in [-0.1, -0.05) is 0 Å². The first-order chi connectivity index (χ1) is 8.76. The molecule has 19 heavy (non-hydrogen) atoms. The van der Waals surface area contributed by atoms with Gasteiger partial charge < -0.3 is 14.7 Å². The van der Waals surface area contributed by atoms with Gasteiger partial charge >= 0.3 is 6.09 Å². The molecule has 1 aliphatic heterocycles. The Morgan fingerprint density at radius 1 is 1.53 bits per heavy atom. The summed E-state index contributed by atoms with van der Waals surface area (Å²) in [5.41, 5.74) is 0.434. The summed E-state index contributed by atoms with van der Waals surface area (Å²) in [6, 6.07) is 1.97. The standard InChI is InChI=1S/C13H20N2O3S/c1-8-5-11(19-14-8)9-6-15(7-10(9)16)12(17)18-13(2,3)4/h5,9-10,16H,6-7H2,1-4H3. The Morgan fingerprint density at radius 2 is 2.21 bits per heavy atom. The number of hydrogen-bond donors (Lipinski definition) is 1. The third-order valence-corrected chi connectivity index (χ3v) is 3.96. The number of nitrogens with zero attached hydrogens (tertiary/aromatic N) is 2. The highest BCUT2D eigenvalue weighted by Crippen LogP contribution is 2.31. The fraction of sp³-hybridized carbons (Fsp3) is 0.692. The van der Waals surface area contributed by atoms with Crippen LogP contribution >= 0.6 is 11.5 Å². The lowest BCUT2D eigenvalue weighted by Gasteiger charge is -2.24. The zero-order valence-corrected chi connectivity index (χ0v) is 12.5. The summed E-state index contributed by atoms with van der Waals surface area (Å²) in [5, 5.41) is 10.1. The van der Waals surface area contributed by atoms with Crippen molar-refractivity contribution in [3.05, 3.63) is 16.6 Å². The number of likely N-dealkylation sites (tertiary alicyclic amines) is 1. The molecule has 106 valence electrons. The normalized spacial score (nSPS) is 23.7. The lowest BCUT2D eigenvalue weighted by molar-refractivity contribution is 0.0270. The van der Waals surface area contributed by atoms with E-state index in [4.69, 9.17) is 4.74 Å². The average Bonchev–Trinajstić information content (AvgIpc) is 2.82. The number of aliphatic hydroxyl groups is 1. The number of β-amino-alcohol motifs (C(OH)–C–C–N with tert-alkyl or cyclic N) is 1. The third-order valence-electron chi connectivity index (χ3n) is 2.95. The second-order valence-electron chi connectivity index (χ2n) is 5.93. The van der Waals surface area contributed by atoms with E-state index in [0.717, 1.165) is 10.6 Å². The Bertz CT molecular complexity index is 467. The lowest BCUT2D eigenvalue weighted by atomic mass is 10.0. The molecule has 1 aliphatic rings. The van der Waals surface area contributed by atoms with E-state index in [2.05, 4.69) is 4.37 Å². The predicted molar refractivity (Wildman–Crippen MR) is 73.4 cm³/mol. The van der Waals surface area contributed by atoms with Gasteiger partial charge in [-0.05, 0) is 45.3 Å². The van der Waals surface area contributed by atoms with Gasteiger partial charge in [0.2, 0.25) is 0 Å². The molecule has 0 bridgehead atoms. The van der Waals surface area contributed by atoms with Crippen LogP contribution in [0.4, 0.5) is 4.79 Å². The van der Waals surface area contributed by atoms with Crippen molar-refractivity contribution in [2.24, 2.45) is 0 Å². The summed E-state index contributed by atoms with van der Waals surface area (Å²) < 4.78 is 9.54. The van der Waals surface area contributed by atoms with Gasteiger partial charge in [0.05, 0.1) is 18.3 Å². The number of carbonyl (C=O) groups is 1. The maximum atomic E-state index is 12.0. The van der Waals surface area contributed by atoms with Crippen molar-refractivity contribution in [1.82, 2.24) is 9.27 Å². The lowest BCUT2D eigenvalue weighted by Crippen LogP contribution is -2.35. The summed E-state index contributed by atoms with van der Waals surface area (Å²) in [6.45, 7) is 8.23. The number of aromatic nitrogens is 1. The monoisotopic (exact) mass is 284 g/mol. The van der Waals surface area contributed by atoms with Gasteiger partial charge in [0.15, 0.2) is 0 Å². The fourth-order valence-electron chi connectivity index (χ4n) is 2.10. The molecule has 1 saturated heterocycles. The van der Waals surface area contributed by atoms with Crippen molar-refractivity contribution in [3.8, 4) is 0 Å². The van der Waals surface area contributed by atoms with Gasteiger partial charge in [-0.25, -0.2) is 4.79 Å². The first kappa shape index (κ1) is 14.3. The molecule has 1 N–H and O–H groups in total. The summed E-state index contributed by atoms with van der Waals surface area (Å²) in [6.07, 6.45) is -0.914. The molecule has 2 atom stereocenters. The van der Waals surface area contributed by atoms with Crippen LogP contribution < -0.4 is 0 Å². The van der Waals surface area contributed by atoms with E-state index >= 15 is 0 Å². The molecule has 2 unspecified atom stereocenters. The zero-order chi connectivity index (χ0) is 14.2. The SMILES string of the molecule is Cc1cc(C2CN(C(=O)OC(C)(C)C)CC2O)sn1. The van der Waals surface area contributed by atoms with Gasteiger partial charge in [-0.2, -0.15) is 4.37 Å². The van der Waals surface area contributed by atoms with E-state index in [0.29, 0.717) is 13.1 Å². The first-order valence-electron chi connectivity index (χ1n) is 6.35. The highest BCUT2D eigenvalue weighted by atomic mass is 32.1. The van der Waals surface area contributed by atoms with Crippen LogP contribution in [0.2, 0.25) is 0 Å². The maximum Gasteiger partial charge on any atom is 0.410 e. The fourth-order valence-corrected chi connectivity index (χ4v) is 2.99. The molecule has 0 radical (unpaired) electrons. The molecule has 0 aromatic carbocycles. The van der Waals surface area contributed by atoms with Gasteiger partial charge in [0.1, 0.15) is 5.60 Å². The van der Waals surface area contributed by atoms with Crippen molar-refractivity contribution in [3.63, 3.8) is 0 Å².